The maximum absolute atomic E-state index is 12.9. The van der Waals surface area contributed by atoms with Crippen LogP contribution >= 0.6 is 24.0 Å². The van der Waals surface area contributed by atoms with Gasteiger partial charge in [-0.1, -0.05) is 0 Å². The third-order valence-corrected chi connectivity index (χ3v) is 4.35. The number of halogens is 3. The van der Waals surface area contributed by atoms with E-state index in [2.05, 4.69) is 19.9 Å². The zero-order chi connectivity index (χ0) is 15.6. The summed E-state index contributed by atoms with van der Waals surface area (Å²) in [5.41, 5.74) is 5.04. The van der Waals surface area contributed by atoms with Crippen molar-refractivity contribution in [2.24, 2.45) is 16.1 Å². The molecular formula is C14H21F2IN6. The van der Waals surface area contributed by atoms with E-state index in [9.17, 15) is 8.78 Å². The smallest absolute Gasteiger partial charge is 0.245 e. The summed E-state index contributed by atoms with van der Waals surface area (Å²) in [7, 11) is 0. The maximum atomic E-state index is 12.9. The van der Waals surface area contributed by atoms with E-state index in [0.29, 0.717) is 37.8 Å². The zero-order valence-electron chi connectivity index (χ0n) is 12.7. The van der Waals surface area contributed by atoms with Crippen molar-refractivity contribution in [3.8, 4) is 0 Å². The number of hydrogen-bond acceptors (Lipinski definition) is 4. The fourth-order valence-corrected chi connectivity index (χ4v) is 2.53. The topological polar surface area (TPSA) is 70.6 Å². The Bertz CT molecular complexity index is 529. The van der Waals surface area contributed by atoms with Gasteiger partial charge in [0.25, 0.3) is 0 Å². The Hall–Kier alpha value is -1.26. The molecule has 1 saturated carbocycles. The van der Waals surface area contributed by atoms with Gasteiger partial charge in [0.05, 0.1) is 12.0 Å². The second-order valence-corrected chi connectivity index (χ2v) is 5.86. The van der Waals surface area contributed by atoms with E-state index in [1.807, 2.05) is 4.90 Å². The van der Waals surface area contributed by atoms with E-state index in [1.165, 1.54) is 0 Å². The van der Waals surface area contributed by atoms with Gasteiger partial charge in [-0.2, -0.15) is 0 Å². The molecule has 1 aliphatic heterocycles. The van der Waals surface area contributed by atoms with E-state index in [1.54, 1.807) is 18.5 Å². The molecule has 2 heterocycles. The van der Waals surface area contributed by atoms with Crippen molar-refractivity contribution in [2.75, 3.05) is 37.6 Å². The van der Waals surface area contributed by atoms with Crippen LogP contribution in [0.5, 0.6) is 0 Å². The summed E-state index contributed by atoms with van der Waals surface area (Å²) in [6, 6.07) is 1.78. The predicted molar refractivity (Wildman–Crippen MR) is 95.4 cm³/mol. The van der Waals surface area contributed by atoms with Gasteiger partial charge in [0.1, 0.15) is 0 Å². The number of alkyl halides is 2. The first kappa shape index (κ1) is 18.1. The highest BCUT2D eigenvalue weighted by Crippen LogP contribution is 2.50. The van der Waals surface area contributed by atoms with Crippen molar-refractivity contribution in [3.05, 3.63) is 18.5 Å². The average molecular weight is 438 g/mol. The van der Waals surface area contributed by atoms with Crippen molar-refractivity contribution in [2.45, 2.75) is 19.3 Å². The van der Waals surface area contributed by atoms with Crippen molar-refractivity contribution in [3.63, 3.8) is 0 Å². The first-order valence-electron chi connectivity index (χ1n) is 7.46. The van der Waals surface area contributed by atoms with E-state index in [0.717, 1.165) is 13.1 Å². The molecule has 2 aliphatic rings. The minimum Gasteiger partial charge on any atom is -0.370 e. The summed E-state index contributed by atoms with van der Waals surface area (Å²) in [5.74, 6) is 1.06. The average Bonchev–Trinajstić information content (AvgIpc) is 3.35. The first-order valence-corrected chi connectivity index (χ1v) is 7.46. The minimum absolute atomic E-state index is 0. The van der Waals surface area contributed by atoms with Crippen LogP contribution in [-0.2, 0) is 0 Å². The van der Waals surface area contributed by atoms with Crippen LogP contribution < -0.4 is 10.6 Å². The molecule has 1 aromatic rings. The summed E-state index contributed by atoms with van der Waals surface area (Å²) in [4.78, 5) is 16.6. The lowest BCUT2D eigenvalue weighted by molar-refractivity contribution is 0.0665. The third kappa shape index (κ3) is 4.18. The molecule has 0 amide bonds. The van der Waals surface area contributed by atoms with Gasteiger partial charge in [0.2, 0.25) is 12.4 Å². The first-order chi connectivity index (χ1) is 10.6. The molecule has 1 aliphatic carbocycles. The summed E-state index contributed by atoms with van der Waals surface area (Å²) in [6.45, 7) is 2.98. The van der Waals surface area contributed by atoms with Crippen LogP contribution in [0.15, 0.2) is 23.5 Å². The molecule has 128 valence electrons. The lowest BCUT2D eigenvalue weighted by Gasteiger charge is -2.35. The fraction of sp³-hybridized carbons (Fsp3) is 0.643. The van der Waals surface area contributed by atoms with Crippen LogP contribution in [0.1, 0.15) is 12.8 Å². The molecule has 0 atom stereocenters. The Balaban J connectivity index is 0.00000192. The van der Waals surface area contributed by atoms with Crippen molar-refractivity contribution in [1.29, 1.82) is 0 Å². The van der Waals surface area contributed by atoms with Crippen LogP contribution in [0.3, 0.4) is 0 Å². The normalized spacial score (nSPS) is 20.4. The number of hydrogen-bond donors (Lipinski definition) is 1. The maximum Gasteiger partial charge on any atom is 0.245 e. The molecule has 0 spiro atoms. The molecule has 0 bridgehead atoms. The predicted octanol–water partition coefficient (Wildman–Crippen LogP) is 1.58. The van der Waals surface area contributed by atoms with Crippen LogP contribution in [0.4, 0.5) is 14.7 Å². The van der Waals surface area contributed by atoms with E-state index in [-0.39, 0.29) is 30.5 Å². The van der Waals surface area contributed by atoms with Gasteiger partial charge < -0.3 is 15.5 Å². The number of guanidine groups is 1. The Morgan fingerprint density at radius 2 is 1.83 bits per heavy atom. The minimum atomic E-state index is -2.31. The molecule has 23 heavy (non-hydrogen) atoms. The summed E-state index contributed by atoms with van der Waals surface area (Å²) >= 11 is 0. The van der Waals surface area contributed by atoms with Crippen LogP contribution in [0.2, 0.25) is 0 Å². The van der Waals surface area contributed by atoms with Gasteiger partial charge in [-0.05, 0) is 18.9 Å². The van der Waals surface area contributed by atoms with Crippen molar-refractivity contribution >= 4 is 35.9 Å². The van der Waals surface area contributed by atoms with Gasteiger partial charge in [-0.15, -0.1) is 24.0 Å². The van der Waals surface area contributed by atoms with Gasteiger partial charge in [0.15, 0.2) is 5.96 Å². The van der Waals surface area contributed by atoms with E-state index < -0.39 is 11.8 Å². The number of nitrogens with two attached hydrogens (primary N) is 1. The van der Waals surface area contributed by atoms with E-state index >= 15 is 0 Å². The largest absolute Gasteiger partial charge is 0.370 e. The molecule has 0 radical (unpaired) electrons. The van der Waals surface area contributed by atoms with Crippen LogP contribution in [0, 0.1) is 5.41 Å². The second kappa shape index (κ2) is 7.54. The quantitative estimate of drug-likeness (QED) is 0.439. The number of nitrogens with zero attached hydrogens (tertiary/aromatic N) is 5. The number of aromatic nitrogens is 2. The van der Waals surface area contributed by atoms with E-state index in [4.69, 9.17) is 5.73 Å². The lowest BCUT2D eigenvalue weighted by atomic mass is 10.1. The van der Waals surface area contributed by atoms with Crippen LogP contribution in [0.25, 0.3) is 0 Å². The van der Waals surface area contributed by atoms with Gasteiger partial charge in [0, 0.05) is 38.6 Å². The summed E-state index contributed by atoms with van der Waals surface area (Å²) in [6.07, 6.45) is 2.20. The summed E-state index contributed by atoms with van der Waals surface area (Å²) < 4.78 is 25.7. The molecular weight excluding hydrogens is 417 g/mol. The molecule has 0 unspecified atom stereocenters. The fourth-order valence-electron chi connectivity index (χ4n) is 2.53. The molecule has 2 fully saturated rings. The number of anilines is 1. The molecule has 1 aromatic heterocycles. The highest BCUT2D eigenvalue weighted by atomic mass is 127. The molecule has 2 N–H and O–H groups in total. The van der Waals surface area contributed by atoms with Crippen molar-refractivity contribution in [1.82, 2.24) is 14.9 Å². The summed E-state index contributed by atoms with van der Waals surface area (Å²) in [5, 5.41) is 0. The number of piperazine rings is 1. The molecule has 1 saturated heterocycles. The van der Waals surface area contributed by atoms with Crippen molar-refractivity contribution < 1.29 is 8.78 Å². The second-order valence-electron chi connectivity index (χ2n) is 5.86. The molecule has 0 aromatic carbocycles. The van der Waals surface area contributed by atoms with Gasteiger partial charge >= 0.3 is 0 Å². The molecule has 6 nitrogen and oxygen atoms in total. The Kier molecular flexibility index (Phi) is 5.93. The number of aliphatic imine (C=N–C) groups is 1. The SMILES string of the molecule is I.NC(=NCC1(C(F)F)CC1)N1CCN(c2ncccn2)CC1. The number of rotatable bonds is 4. The lowest BCUT2D eigenvalue weighted by Crippen LogP contribution is -2.51. The van der Waals surface area contributed by atoms with Gasteiger partial charge in [-0.25, -0.2) is 18.7 Å². The Morgan fingerprint density at radius 1 is 1.22 bits per heavy atom. The standard InChI is InChI=1S/C14H20F2N6.HI/c15-11(16)14(2-3-14)10-20-12(17)21-6-8-22(9-7-21)13-18-4-1-5-19-13;/h1,4-5,11H,2-3,6-10H2,(H2,17,20);1H. The van der Waals surface area contributed by atoms with Crippen LogP contribution in [-0.4, -0.2) is 60.0 Å². The zero-order valence-corrected chi connectivity index (χ0v) is 15.1. The molecule has 3 rings (SSSR count). The highest BCUT2D eigenvalue weighted by Gasteiger charge is 2.51. The Labute approximate surface area is 151 Å². The third-order valence-electron chi connectivity index (χ3n) is 4.35. The monoisotopic (exact) mass is 438 g/mol. The Morgan fingerprint density at radius 3 is 2.35 bits per heavy atom. The highest BCUT2D eigenvalue weighted by molar-refractivity contribution is 14.0. The molecule has 9 heteroatoms. The van der Waals surface area contributed by atoms with Gasteiger partial charge in [-0.3, -0.25) is 4.99 Å².